The molecule has 0 aromatic carbocycles. The maximum Gasteiger partial charge on any atom is 0.225 e. The lowest BCUT2D eigenvalue weighted by molar-refractivity contribution is -0.117. The van der Waals surface area contributed by atoms with Crippen LogP contribution in [0.2, 0.25) is 0 Å². The van der Waals surface area contributed by atoms with E-state index in [1.807, 2.05) is 13.1 Å². The molecule has 6 nitrogen and oxygen atoms in total. The summed E-state index contributed by atoms with van der Waals surface area (Å²) in [5.74, 6) is 1.43. The van der Waals surface area contributed by atoms with Gasteiger partial charge in [-0.2, -0.15) is 5.10 Å². The molecule has 0 radical (unpaired) electrons. The number of hydrogen-bond acceptors (Lipinski definition) is 4. The molecule has 1 aliphatic heterocycles. The van der Waals surface area contributed by atoms with Crippen molar-refractivity contribution in [2.24, 2.45) is 13.0 Å². The molecule has 0 spiro atoms. The number of sulfone groups is 1. The molecule has 1 saturated carbocycles. The number of aryl methyl sites for hydroxylation is 1. The average molecular weight is 353 g/mol. The van der Waals surface area contributed by atoms with E-state index in [4.69, 9.17) is 0 Å². The number of carbonyl (C=O) groups is 1. The van der Waals surface area contributed by atoms with Crippen LogP contribution < -0.4 is 5.32 Å². The lowest BCUT2D eigenvalue weighted by Gasteiger charge is -2.21. The summed E-state index contributed by atoms with van der Waals surface area (Å²) in [4.78, 5) is 12.3. The molecule has 7 heteroatoms. The van der Waals surface area contributed by atoms with Crippen molar-refractivity contribution < 1.29 is 13.2 Å². The summed E-state index contributed by atoms with van der Waals surface area (Å²) in [6, 6.07) is 1.98. The summed E-state index contributed by atoms with van der Waals surface area (Å²) in [6.45, 7) is 0. The quantitative estimate of drug-likeness (QED) is 0.902. The molecule has 1 amide bonds. The van der Waals surface area contributed by atoms with E-state index in [1.165, 1.54) is 32.1 Å². The molecular weight excluding hydrogens is 326 g/mol. The Bertz CT molecular complexity index is 690. The third kappa shape index (κ3) is 4.37. The molecular formula is C17H27N3O3S. The van der Waals surface area contributed by atoms with E-state index in [0.29, 0.717) is 18.2 Å². The van der Waals surface area contributed by atoms with Crippen molar-refractivity contribution >= 4 is 21.6 Å². The highest BCUT2D eigenvalue weighted by atomic mass is 32.2. The first kappa shape index (κ1) is 17.5. The number of rotatable bonds is 4. The van der Waals surface area contributed by atoms with E-state index in [9.17, 15) is 13.2 Å². The lowest BCUT2D eigenvalue weighted by Crippen LogP contribution is -2.28. The normalized spacial score (nSPS) is 24.6. The number of nitrogens with zero attached hydrogens (tertiary/aromatic N) is 2. The van der Waals surface area contributed by atoms with E-state index >= 15 is 0 Å². The molecule has 1 aromatic heterocycles. The van der Waals surface area contributed by atoms with Gasteiger partial charge < -0.3 is 5.32 Å². The van der Waals surface area contributed by atoms with Crippen molar-refractivity contribution in [2.45, 2.75) is 57.3 Å². The first-order valence-corrected chi connectivity index (χ1v) is 10.8. The zero-order valence-electron chi connectivity index (χ0n) is 14.3. The Morgan fingerprint density at radius 1 is 1.25 bits per heavy atom. The van der Waals surface area contributed by atoms with Gasteiger partial charge >= 0.3 is 0 Å². The van der Waals surface area contributed by atoms with Gasteiger partial charge in [-0.3, -0.25) is 9.48 Å². The van der Waals surface area contributed by atoms with Crippen LogP contribution in [0.4, 0.5) is 5.82 Å². The Balaban J connectivity index is 1.59. The Hall–Kier alpha value is -1.37. The van der Waals surface area contributed by atoms with E-state index < -0.39 is 9.84 Å². The fourth-order valence-electron chi connectivity index (χ4n) is 3.94. The molecule has 1 saturated heterocycles. The summed E-state index contributed by atoms with van der Waals surface area (Å²) < 4.78 is 25.1. The van der Waals surface area contributed by atoms with Crippen LogP contribution >= 0.6 is 0 Å². The maximum atomic E-state index is 12.3. The van der Waals surface area contributed by atoms with Gasteiger partial charge in [-0.1, -0.05) is 19.3 Å². The minimum absolute atomic E-state index is 0.0604. The SMILES string of the molecule is Cn1nc(C2CCCCC2)cc1NC(=O)C[C@H]1CCCS(=O)(=O)C1. The van der Waals surface area contributed by atoms with E-state index in [2.05, 4.69) is 10.4 Å². The fraction of sp³-hybridized carbons (Fsp3) is 0.765. The predicted molar refractivity (Wildman–Crippen MR) is 93.7 cm³/mol. The second kappa shape index (κ2) is 7.25. The molecule has 3 rings (SSSR count). The highest BCUT2D eigenvalue weighted by Crippen LogP contribution is 2.33. The summed E-state index contributed by atoms with van der Waals surface area (Å²) in [5, 5.41) is 7.47. The Labute approximate surface area is 143 Å². The van der Waals surface area contributed by atoms with Crippen molar-refractivity contribution in [3.63, 3.8) is 0 Å². The molecule has 2 fully saturated rings. The molecule has 1 atom stereocenters. The smallest absolute Gasteiger partial charge is 0.225 e. The van der Waals surface area contributed by atoms with Gasteiger partial charge in [-0.25, -0.2) is 8.42 Å². The largest absolute Gasteiger partial charge is 0.311 e. The van der Waals surface area contributed by atoms with Gasteiger partial charge in [0.2, 0.25) is 5.91 Å². The van der Waals surface area contributed by atoms with Gasteiger partial charge in [-0.05, 0) is 31.6 Å². The summed E-state index contributed by atoms with van der Waals surface area (Å²) in [5.41, 5.74) is 1.06. The zero-order valence-corrected chi connectivity index (χ0v) is 15.1. The van der Waals surface area contributed by atoms with Gasteiger partial charge in [0, 0.05) is 25.5 Å². The highest BCUT2D eigenvalue weighted by Gasteiger charge is 2.27. The second-order valence-corrected chi connectivity index (χ2v) is 9.52. The minimum Gasteiger partial charge on any atom is -0.311 e. The van der Waals surface area contributed by atoms with Crippen LogP contribution in [-0.4, -0.2) is 35.6 Å². The van der Waals surface area contributed by atoms with Gasteiger partial charge in [0.25, 0.3) is 0 Å². The Morgan fingerprint density at radius 3 is 2.71 bits per heavy atom. The van der Waals surface area contributed by atoms with Crippen LogP contribution in [0.5, 0.6) is 0 Å². The van der Waals surface area contributed by atoms with Crippen molar-refractivity contribution in [2.75, 3.05) is 16.8 Å². The second-order valence-electron chi connectivity index (χ2n) is 7.29. The van der Waals surface area contributed by atoms with E-state index in [-0.39, 0.29) is 29.8 Å². The van der Waals surface area contributed by atoms with Crippen LogP contribution in [0.25, 0.3) is 0 Å². The molecule has 0 bridgehead atoms. The van der Waals surface area contributed by atoms with Crippen molar-refractivity contribution in [1.29, 1.82) is 0 Å². The van der Waals surface area contributed by atoms with Crippen LogP contribution in [0.3, 0.4) is 0 Å². The number of nitrogens with one attached hydrogen (secondary N) is 1. The van der Waals surface area contributed by atoms with Gasteiger partial charge in [0.15, 0.2) is 9.84 Å². The predicted octanol–water partition coefficient (Wildman–Crippen LogP) is 2.62. The van der Waals surface area contributed by atoms with Crippen LogP contribution in [0.1, 0.15) is 63.0 Å². The first-order chi connectivity index (χ1) is 11.4. The molecule has 2 aliphatic rings. The van der Waals surface area contributed by atoms with Crippen molar-refractivity contribution in [1.82, 2.24) is 9.78 Å². The molecule has 2 heterocycles. The maximum absolute atomic E-state index is 12.3. The van der Waals surface area contributed by atoms with Crippen molar-refractivity contribution in [3.05, 3.63) is 11.8 Å². The van der Waals surface area contributed by atoms with Crippen LogP contribution in [0.15, 0.2) is 6.07 Å². The molecule has 0 unspecified atom stereocenters. The molecule has 1 aliphatic carbocycles. The van der Waals surface area contributed by atoms with E-state index in [0.717, 1.165) is 12.1 Å². The number of amides is 1. The highest BCUT2D eigenvalue weighted by molar-refractivity contribution is 7.91. The number of hydrogen-bond donors (Lipinski definition) is 1. The number of carbonyl (C=O) groups excluding carboxylic acids is 1. The van der Waals surface area contributed by atoms with Crippen LogP contribution in [-0.2, 0) is 21.7 Å². The minimum atomic E-state index is -2.97. The average Bonchev–Trinajstić information content (AvgIpc) is 2.88. The van der Waals surface area contributed by atoms with Crippen LogP contribution in [0, 0.1) is 5.92 Å². The monoisotopic (exact) mass is 353 g/mol. The molecule has 134 valence electrons. The van der Waals surface area contributed by atoms with E-state index in [1.54, 1.807) is 4.68 Å². The van der Waals surface area contributed by atoms with Gasteiger partial charge in [0.05, 0.1) is 17.2 Å². The third-order valence-corrected chi connectivity index (χ3v) is 7.11. The van der Waals surface area contributed by atoms with Gasteiger partial charge in [-0.15, -0.1) is 0 Å². The fourth-order valence-corrected chi connectivity index (χ4v) is 5.71. The third-order valence-electron chi connectivity index (χ3n) is 5.22. The van der Waals surface area contributed by atoms with Crippen molar-refractivity contribution in [3.8, 4) is 0 Å². The summed E-state index contributed by atoms with van der Waals surface area (Å²) >= 11 is 0. The summed E-state index contributed by atoms with van der Waals surface area (Å²) in [7, 11) is -1.13. The Morgan fingerprint density at radius 2 is 2.00 bits per heavy atom. The standard InChI is InChI=1S/C17H27N3O3S/c1-20-16(11-15(19-20)14-7-3-2-4-8-14)18-17(21)10-13-6-5-9-24(22,23)12-13/h11,13-14H,2-10,12H2,1H3,(H,18,21)/t13-/m1/s1. The molecule has 24 heavy (non-hydrogen) atoms. The summed E-state index contributed by atoms with van der Waals surface area (Å²) in [6.07, 6.45) is 7.89. The number of anilines is 1. The van der Waals surface area contributed by atoms with Gasteiger partial charge in [0.1, 0.15) is 5.82 Å². The number of aromatic nitrogens is 2. The Kier molecular flexibility index (Phi) is 5.27. The lowest BCUT2D eigenvalue weighted by atomic mass is 9.87. The topological polar surface area (TPSA) is 81.1 Å². The molecule has 1 aromatic rings. The first-order valence-electron chi connectivity index (χ1n) is 8.97. The zero-order chi connectivity index (χ0) is 17.2. The molecule has 1 N–H and O–H groups in total.